The molecule has 2 rings (SSSR count). The van der Waals surface area contributed by atoms with Crippen LogP contribution >= 0.6 is 15.9 Å². The van der Waals surface area contributed by atoms with Gasteiger partial charge in [0.05, 0.1) is 11.3 Å². The molecule has 1 aromatic rings. The van der Waals surface area contributed by atoms with Crippen LogP contribution in [0, 0.1) is 5.41 Å². The van der Waals surface area contributed by atoms with E-state index in [1.165, 1.54) is 12.8 Å². The van der Waals surface area contributed by atoms with E-state index in [1.54, 1.807) is 12.1 Å². The number of carbonyl (C=O) groups is 1. The molecule has 1 aliphatic rings. The van der Waals surface area contributed by atoms with Crippen molar-refractivity contribution in [1.82, 2.24) is 0 Å². The van der Waals surface area contributed by atoms with Crippen LogP contribution in [0.3, 0.4) is 0 Å². The highest BCUT2D eigenvalue weighted by Gasteiger charge is 2.40. The van der Waals surface area contributed by atoms with Gasteiger partial charge in [-0.3, -0.25) is 0 Å². The van der Waals surface area contributed by atoms with Gasteiger partial charge in [0.25, 0.3) is 0 Å². The minimum absolute atomic E-state index is 0.346. The van der Waals surface area contributed by atoms with Crippen molar-refractivity contribution >= 4 is 27.6 Å². The van der Waals surface area contributed by atoms with Gasteiger partial charge in [0, 0.05) is 23.0 Å². The van der Waals surface area contributed by atoms with Crippen LogP contribution in [-0.2, 0) is 0 Å². The highest BCUT2D eigenvalue weighted by molar-refractivity contribution is 9.10. The molecule has 0 atom stereocenters. The Hall–Kier alpha value is -1.03. The number of rotatable bonds is 4. The molecular formula is C14H18BrNO2. The van der Waals surface area contributed by atoms with Crippen molar-refractivity contribution < 1.29 is 9.90 Å². The van der Waals surface area contributed by atoms with E-state index in [1.807, 2.05) is 6.07 Å². The van der Waals surface area contributed by atoms with E-state index < -0.39 is 5.97 Å². The maximum absolute atomic E-state index is 11.0. The Bertz CT molecular complexity index is 461. The average Bonchev–Trinajstić information content (AvgIpc) is 2.30. The molecule has 98 valence electrons. The summed E-state index contributed by atoms with van der Waals surface area (Å²) in [6.07, 6.45) is 2.35. The van der Waals surface area contributed by atoms with Crippen LogP contribution in [0.1, 0.15) is 37.0 Å². The first-order valence-electron chi connectivity index (χ1n) is 6.29. The molecule has 1 aromatic carbocycles. The minimum atomic E-state index is -0.874. The van der Waals surface area contributed by atoms with Crippen molar-refractivity contribution in [3.05, 3.63) is 28.2 Å². The molecule has 3 nitrogen and oxygen atoms in total. The van der Waals surface area contributed by atoms with Gasteiger partial charge in [0.1, 0.15) is 0 Å². The SMILES string of the molecule is CCC1(CC)CN(c2cc(C(=O)O)ccc2Br)C1. The molecular weight excluding hydrogens is 294 g/mol. The Kier molecular flexibility index (Phi) is 3.66. The first-order valence-corrected chi connectivity index (χ1v) is 7.08. The summed E-state index contributed by atoms with van der Waals surface area (Å²) in [6.45, 7) is 6.48. The smallest absolute Gasteiger partial charge is 0.335 e. The summed E-state index contributed by atoms with van der Waals surface area (Å²) in [5, 5.41) is 9.03. The number of carboxylic acid groups (broad SMARTS) is 1. The monoisotopic (exact) mass is 311 g/mol. The van der Waals surface area contributed by atoms with Gasteiger partial charge in [-0.05, 0) is 47.0 Å². The Morgan fingerprint density at radius 2 is 2.00 bits per heavy atom. The standard InChI is InChI=1S/C14H18BrNO2/c1-3-14(4-2)8-16(9-14)12-7-10(13(17)18)5-6-11(12)15/h5-7H,3-4,8-9H2,1-2H3,(H,17,18). The fourth-order valence-corrected chi connectivity index (χ4v) is 3.02. The zero-order valence-corrected chi connectivity index (χ0v) is 12.3. The maximum atomic E-state index is 11.0. The van der Waals surface area contributed by atoms with Crippen molar-refractivity contribution in [1.29, 1.82) is 0 Å². The fourth-order valence-electron chi connectivity index (χ4n) is 2.52. The summed E-state index contributed by atoms with van der Waals surface area (Å²) in [4.78, 5) is 13.3. The summed E-state index contributed by atoms with van der Waals surface area (Å²) >= 11 is 3.50. The fraction of sp³-hybridized carbons (Fsp3) is 0.500. The molecule has 4 heteroatoms. The average molecular weight is 312 g/mol. The molecule has 0 unspecified atom stereocenters. The number of hydrogen-bond donors (Lipinski definition) is 1. The van der Waals surface area contributed by atoms with Crippen LogP contribution in [0.25, 0.3) is 0 Å². The molecule has 0 aromatic heterocycles. The van der Waals surface area contributed by atoms with Crippen molar-refractivity contribution in [2.75, 3.05) is 18.0 Å². The number of nitrogens with zero attached hydrogens (tertiary/aromatic N) is 1. The predicted molar refractivity (Wildman–Crippen MR) is 76.3 cm³/mol. The molecule has 1 heterocycles. The molecule has 0 aliphatic carbocycles. The highest BCUT2D eigenvalue weighted by Crippen LogP contribution is 2.42. The zero-order chi connectivity index (χ0) is 13.3. The van der Waals surface area contributed by atoms with E-state index in [4.69, 9.17) is 5.11 Å². The zero-order valence-electron chi connectivity index (χ0n) is 10.7. The molecule has 1 fully saturated rings. The predicted octanol–water partition coefficient (Wildman–Crippen LogP) is 3.77. The van der Waals surface area contributed by atoms with Gasteiger partial charge in [-0.2, -0.15) is 0 Å². The molecule has 1 saturated heterocycles. The molecule has 18 heavy (non-hydrogen) atoms. The molecule has 0 spiro atoms. The van der Waals surface area contributed by atoms with Gasteiger partial charge in [-0.25, -0.2) is 4.79 Å². The Morgan fingerprint density at radius 1 is 1.39 bits per heavy atom. The van der Waals surface area contributed by atoms with Crippen molar-refractivity contribution in [2.24, 2.45) is 5.41 Å². The van der Waals surface area contributed by atoms with E-state index in [9.17, 15) is 4.79 Å². The van der Waals surface area contributed by atoms with Gasteiger partial charge in [0.15, 0.2) is 0 Å². The van der Waals surface area contributed by atoms with E-state index in [-0.39, 0.29) is 0 Å². The first kappa shape index (κ1) is 13.4. The van der Waals surface area contributed by atoms with E-state index in [2.05, 4.69) is 34.7 Å². The number of hydrogen-bond acceptors (Lipinski definition) is 2. The number of aromatic carboxylic acids is 1. The summed E-state index contributed by atoms with van der Waals surface area (Å²) in [5.74, 6) is -0.874. The first-order chi connectivity index (χ1) is 8.51. The van der Waals surface area contributed by atoms with Gasteiger partial charge in [-0.1, -0.05) is 13.8 Å². The Labute approximate surface area is 116 Å². The van der Waals surface area contributed by atoms with E-state index >= 15 is 0 Å². The third-order valence-corrected chi connectivity index (χ3v) is 4.76. The lowest BCUT2D eigenvalue weighted by Gasteiger charge is -2.51. The summed E-state index contributed by atoms with van der Waals surface area (Å²) in [7, 11) is 0. The third-order valence-electron chi connectivity index (χ3n) is 4.09. The Balaban J connectivity index is 2.21. The van der Waals surface area contributed by atoms with Crippen LogP contribution in [0.2, 0.25) is 0 Å². The van der Waals surface area contributed by atoms with E-state index in [0.717, 1.165) is 23.2 Å². The topological polar surface area (TPSA) is 40.5 Å². The third kappa shape index (κ3) is 2.26. The Morgan fingerprint density at radius 3 is 2.50 bits per heavy atom. The second kappa shape index (κ2) is 4.92. The summed E-state index contributed by atoms with van der Waals surface area (Å²) in [5.41, 5.74) is 1.75. The second-order valence-corrected chi connectivity index (χ2v) is 5.89. The maximum Gasteiger partial charge on any atom is 0.335 e. The van der Waals surface area contributed by atoms with E-state index in [0.29, 0.717) is 11.0 Å². The molecule has 0 amide bonds. The highest BCUT2D eigenvalue weighted by atomic mass is 79.9. The van der Waals surface area contributed by atoms with Crippen LogP contribution in [0.4, 0.5) is 5.69 Å². The quantitative estimate of drug-likeness (QED) is 0.920. The molecule has 0 saturated carbocycles. The largest absolute Gasteiger partial charge is 0.478 e. The number of benzene rings is 1. The molecule has 0 bridgehead atoms. The van der Waals surface area contributed by atoms with Gasteiger partial charge in [0.2, 0.25) is 0 Å². The van der Waals surface area contributed by atoms with Crippen molar-refractivity contribution in [2.45, 2.75) is 26.7 Å². The van der Waals surface area contributed by atoms with Gasteiger partial charge >= 0.3 is 5.97 Å². The number of anilines is 1. The summed E-state index contributed by atoms with van der Waals surface area (Å²) in [6, 6.07) is 5.20. The van der Waals surface area contributed by atoms with Gasteiger partial charge in [-0.15, -0.1) is 0 Å². The minimum Gasteiger partial charge on any atom is -0.478 e. The van der Waals surface area contributed by atoms with Crippen molar-refractivity contribution in [3.8, 4) is 0 Å². The summed E-state index contributed by atoms with van der Waals surface area (Å²) < 4.78 is 0.966. The number of halogens is 1. The lowest BCUT2D eigenvalue weighted by molar-refractivity contribution is 0.0697. The van der Waals surface area contributed by atoms with Crippen LogP contribution in [-0.4, -0.2) is 24.2 Å². The van der Waals surface area contributed by atoms with Gasteiger partial charge < -0.3 is 10.0 Å². The normalized spacial score (nSPS) is 17.4. The number of carboxylic acids is 1. The lowest BCUT2D eigenvalue weighted by atomic mass is 9.75. The van der Waals surface area contributed by atoms with Crippen molar-refractivity contribution in [3.63, 3.8) is 0 Å². The van der Waals surface area contributed by atoms with Crippen LogP contribution in [0.5, 0.6) is 0 Å². The molecule has 1 N–H and O–H groups in total. The van der Waals surface area contributed by atoms with Crippen LogP contribution in [0.15, 0.2) is 22.7 Å². The van der Waals surface area contributed by atoms with Crippen LogP contribution < -0.4 is 4.90 Å². The second-order valence-electron chi connectivity index (χ2n) is 5.03. The lowest BCUT2D eigenvalue weighted by Crippen LogP contribution is -2.56. The molecule has 0 radical (unpaired) electrons. The molecule has 1 aliphatic heterocycles.